The van der Waals surface area contributed by atoms with Crippen molar-refractivity contribution in [2.75, 3.05) is 5.32 Å². The van der Waals surface area contributed by atoms with Crippen LogP contribution in [-0.4, -0.2) is 33.8 Å². The average molecular weight is 403 g/mol. The first-order valence-corrected chi connectivity index (χ1v) is 9.86. The number of nitrogens with one attached hydrogen (secondary N) is 2. The summed E-state index contributed by atoms with van der Waals surface area (Å²) in [5.74, 6) is 0.0190. The molecule has 0 saturated carbocycles. The van der Waals surface area contributed by atoms with Gasteiger partial charge in [0.05, 0.1) is 10.9 Å². The van der Waals surface area contributed by atoms with E-state index in [1.807, 2.05) is 16.9 Å². The molecule has 2 heterocycles. The Morgan fingerprint density at radius 1 is 1.19 bits per heavy atom. The summed E-state index contributed by atoms with van der Waals surface area (Å²) >= 11 is 5.35. The maximum atomic E-state index is 12.6. The minimum absolute atomic E-state index is 0.0190. The van der Waals surface area contributed by atoms with Gasteiger partial charge in [0, 0.05) is 23.8 Å². The molecule has 2 aromatic heterocycles. The second-order valence-corrected chi connectivity index (χ2v) is 7.98. The third-order valence-electron chi connectivity index (χ3n) is 3.73. The van der Waals surface area contributed by atoms with Crippen LogP contribution in [0.4, 0.5) is 10.7 Å². The van der Waals surface area contributed by atoms with E-state index in [9.17, 15) is 13.2 Å². The van der Waals surface area contributed by atoms with Gasteiger partial charge in [-0.3, -0.25) is 5.32 Å². The van der Waals surface area contributed by atoms with Crippen LogP contribution in [0.1, 0.15) is 17.4 Å². The molecule has 0 bridgehead atoms. The van der Waals surface area contributed by atoms with E-state index in [1.165, 1.54) is 6.08 Å². The molecular weight excluding hydrogens is 386 g/mol. The van der Waals surface area contributed by atoms with E-state index in [0.29, 0.717) is 11.4 Å². The Hall–Kier alpha value is -2.85. The first-order valence-electron chi connectivity index (χ1n) is 7.97. The van der Waals surface area contributed by atoms with Crippen LogP contribution in [0.25, 0.3) is 0 Å². The zero-order chi connectivity index (χ0) is 19.6. The molecule has 1 atom stereocenters. The highest BCUT2D eigenvalue weighted by Gasteiger charge is 2.30. The Balaban J connectivity index is 1.76. The van der Waals surface area contributed by atoms with Crippen LogP contribution >= 0.6 is 12.2 Å². The SMILES string of the molecule is Cc1cc(C)nc(NC(=O)NS(=O)(=O)C2=CC=CC(n3cccc3)C2=S)n1. The number of amides is 2. The number of sulfonamides is 1. The first-order chi connectivity index (χ1) is 12.8. The van der Waals surface area contributed by atoms with E-state index in [4.69, 9.17) is 12.2 Å². The van der Waals surface area contributed by atoms with E-state index in [1.54, 1.807) is 49.0 Å². The smallest absolute Gasteiger partial charge is 0.335 e. The van der Waals surface area contributed by atoms with E-state index in [-0.39, 0.29) is 15.7 Å². The van der Waals surface area contributed by atoms with Gasteiger partial charge in [-0.15, -0.1) is 0 Å². The zero-order valence-corrected chi connectivity index (χ0v) is 16.2. The van der Waals surface area contributed by atoms with Crippen molar-refractivity contribution in [2.45, 2.75) is 19.9 Å². The zero-order valence-electron chi connectivity index (χ0n) is 14.6. The number of thiocarbonyl (C=S) groups is 1. The summed E-state index contributed by atoms with van der Waals surface area (Å²) < 4.78 is 29.0. The maximum Gasteiger partial charge on any atom is 0.335 e. The quantitative estimate of drug-likeness (QED) is 0.760. The summed E-state index contributed by atoms with van der Waals surface area (Å²) in [4.78, 5) is 20.3. The van der Waals surface area contributed by atoms with Gasteiger partial charge >= 0.3 is 6.03 Å². The third kappa shape index (κ3) is 4.29. The summed E-state index contributed by atoms with van der Waals surface area (Å²) in [5.41, 5.74) is 1.30. The summed E-state index contributed by atoms with van der Waals surface area (Å²) in [6.45, 7) is 3.49. The largest absolute Gasteiger partial charge is 0.343 e. The minimum Gasteiger partial charge on any atom is -0.343 e. The van der Waals surface area contributed by atoms with Crippen LogP contribution in [0.15, 0.2) is 53.7 Å². The molecule has 2 aromatic rings. The predicted molar refractivity (Wildman–Crippen MR) is 106 cm³/mol. The maximum absolute atomic E-state index is 12.6. The fraction of sp³-hybridized carbons (Fsp3) is 0.176. The molecule has 10 heteroatoms. The lowest BCUT2D eigenvalue weighted by Gasteiger charge is -2.21. The number of nitrogens with zero attached hydrogens (tertiary/aromatic N) is 3. The average Bonchev–Trinajstić information content (AvgIpc) is 3.07. The van der Waals surface area contributed by atoms with Gasteiger partial charge in [0.15, 0.2) is 0 Å². The standard InChI is InChI=1S/C17H17N5O3S2/c1-11-10-12(2)19-16(18-11)20-17(23)21-27(24,25)14-7-5-6-13(15(14)26)22-8-3-4-9-22/h3-10,13H,1-2H3,(H2,18,19,20,21,23). The van der Waals surface area contributed by atoms with Crippen molar-refractivity contribution in [3.63, 3.8) is 0 Å². The second-order valence-electron chi connectivity index (χ2n) is 5.89. The summed E-state index contributed by atoms with van der Waals surface area (Å²) in [6.07, 6.45) is 8.32. The number of rotatable bonds is 4. The molecular formula is C17H17N5O3S2. The number of aryl methyl sites for hydroxylation is 2. The van der Waals surface area contributed by atoms with Crippen LogP contribution in [0, 0.1) is 13.8 Å². The highest BCUT2D eigenvalue weighted by molar-refractivity contribution is 7.97. The topological polar surface area (TPSA) is 106 Å². The number of aromatic nitrogens is 3. The van der Waals surface area contributed by atoms with E-state index < -0.39 is 22.1 Å². The number of hydrogen-bond donors (Lipinski definition) is 2. The summed E-state index contributed by atoms with van der Waals surface area (Å²) in [6, 6.07) is 3.99. The highest BCUT2D eigenvalue weighted by atomic mass is 32.2. The molecule has 27 heavy (non-hydrogen) atoms. The van der Waals surface area contributed by atoms with Crippen LogP contribution in [0.2, 0.25) is 0 Å². The predicted octanol–water partition coefficient (Wildman–Crippen LogP) is 2.41. The first kappa shape index (κ1) is 18.9. The van der Waals surface area contributed by atoms with Crippen molar-refractivity contribution in [3.8, 4) is 0 Å². The number of allylic oxidation sites excluding steroid dienone is 4. The molecule has 0 spiro atoms. The van der Waals surface area contributed by atoms with Gasteiger partial charge in [-0.1, -0.05) is 24.4 Å². The number of hydrogen-bond acceptors (Lipinski definition) is 6. The second kappa shape index (κ2) is 7.41. The number of carbonyl (C=O) groups is 1. The Kier molecular flexibility index (Phi) is 5.19. The lowest BCUT2D eigenvalue weighted by molar-refractivity contribution is 0.256. The monoisotopic (exact) mass is 403 g/mol. The van der Waals surface area contributed by atoms with E-state index >= 15 is 0 Å². The molecule has 1 aliphatic carbocycles. The van der Waals surface area contributed by atoms with Gasteiger partial charge in [-0.05, 0) is 38.1 Å². The van der Waals surface area contributed by atoms with Gasteiger partial charge in [-0.25, -0.2) is 27.9 Å². The van der Waals surface area contributed by atoms with Gasteiger partial charge in [0.25, 0.3) is 10.0 Å². The minimum atomic E-state index is -4.16. The van der Waals surface area contributed by atoms with Crippen LogP contribution in [-0.2, 0) is 10.0 Å². The van der Waals surface area contributed by atoms with Crippen molar-refractivity contribution in [3.05, 3.63) is 65.1 Å². The fourth-order valence-corrected chi connectivity index (χ4v) is 4.29. The Morgan fingerprint density at radius 3 is 2.44 bits per heavy atom. The molecule has 2 N–H and O–H groups in total. The Morgan fingerprint density at radius 2 is 1.81 bits per heavy atom. The lowest BCUT2D eigenvalue weighted by atomic mass is 10.1. The molecule has 2 amide bonds. The molecule has 3 rings (SSSR count). The molecule has 140 valence electrons. The molecule has 0 aliphatic heterocycles. The van der Waals surface area contributed by atoms with Crippen molar-refractivity contribution >= 4 is 39.1 Å². The van der Waals surface area contributed by atoms with Crippen LogP contribution in [0.5, 0.6) is 0 Å². The van der Waals surface area contributed by atoms with Crippen LogP contribution in [0.3, 0.4) is 0 Å². The Bertz CT molecular complexity index is 1040. The molecule has 8 nitrogen and oxygen atoms in total. The third-order valence-corrected chi connectivity index (χ3v) is 5.71. The fourth-order valence-electron chi connectivity index (χ4n) is 2.64. The van der Waals surface area contributed by atoms with Gasteiger partial charge < -0.3 is 4.57 Å². The number of carbonyl (C=O) groups excluding carboxylic acids is 1. The van der Waals surface area contributed by atoms with E-state index in [2.05, 4.69) is 15.3 Å². The van der Waals surface area contributed by atoms with E-state index in [0.717, 1.165) is 0 Å². The van der Waals surface area contributed by atoms with Gasteiger partial charge in [0.2, 0.25) is 5.95 Å². The van der Waals surface area contributed by atoms with Gasteiger partial charge in [0.1, 0.15) is 4.91 Å². The van der Waals surface area contributed by atoms with Gasteiger partial charge in [-0.2, -0.15) is 0 Å². The molecule has 1 unspecified atom stereocenters. The molecule has 0 saturated heterocycles. The molecule has 0 fully saturated rings. The van der Waals surface area contributed by atoms with Crippen LogP contribution < -0.4 is 10.0 Å². The molecule has 0 radical (unpaired) electrons. The van der Waals surface area contributed by atoms with Crippen molar-refractivity contribution < 1.29 is 13.2 Å². The Labute approximate surface area is 162 Å². The molecule has 0 aromatic carbocycles. The summed E-state index contributed by atoms with van der Waals surface area (Å²) in [7, 11) is -4.16. The number of urea groups is 1. The normalized spacial score (nSPS) is 16.7. The highest BCUT2D eigenvalue weighted by Crippen LogP contribution is 2.24. The van der Waals surface area contributed by atoms with Crippen molar-refractivity contribution in [2.24, 2.45) is 0 Å². The van der Waals surface area contributed by atoms with Crippen molar-refractivity contribution in [1.82, 2.24) is 19.3 Å². The van der Waals surface area contributed by atoms with Crippen molar-refractivity contribution in [1.29, 1.82) is 0 Å². The molecule has 1 aliphatic rings. The summed E-state index contributed by atoms with van der Waals surface area (Å²) in [5, 5.41) is 2.33. The lowest BCUT2D eigenvalue weighted by Crippen LogP contribution is -2.38. The number of anilines is 1.